The van der Waals surface area contributed by atoms with E-state index in [0.717, 1.165) is 24.3 Å². The van der Waals surface area contributed by atoms with E-state index in [-0.39, 0.29) is 46.6 Å². The fourth-order valence-corrected chi connectivity index (χ4v) is 3.56. The van der Waals surface area contributed by atoms with Crippen LogP contribution in [0.25, 0.3) is 11.1 Å². The number of hydrogen-bond acceptors (Lipinski definition) is 11. The second-order valence-corrected chi connectivity index (χ2v) is 8.59. The maximum absolute atomic E-state index is 11.8. The van der Waals surface area contributed by atoms with Gasteiger partial charge in [0.15, 0.2) is 0 Å². The first kappa shape index (κ1) is 30.0. The summed E-state index contributed by atoms with van der Waals surface area (Å²) in [6, 6.07) is 6.05. The number of nitro groups is 3. The van der Waals surface area contributed by atoms with Crippen LogP contribution in [0.3, 0.4) is 0 Å². The van der Waals surface area contributed by atoms with Gasteiger partial charge in [-0.2, -0.15) is 13.5 Å². The molecule has 38 heavy (non-hydrogen) atoms. The van der Waals surface area contributed by atoms with Gasteiger partial charge in [0.1, 0.15) is 5.69 Å². The SMILES string of the molecule is Cc1cc(N=Nc2cc([N+](=O)[O-])cc([N+](=O)[O-])c2O)c([N-]c2ccc([N+](=O)[O-])cc2S(=O)(=O)O)cc1[NH-].[Na+]. The normalized spacial score (nSPS) is 11.1. The molecule has 0 aliphatic heterocycles. The van der Waals surface area contributed by atoms with Crippen molar-refractivity contribution in [2.45, 2.75) is 11.8 Å². The van der Waals surface area contributed by atoms with Crippen molar-refractivity contribution in [1.29, 1.82) is 0 Å². The molecule has 3 N–H and O–H groups in total. The molecule has 0 amide bonds. The van der Waals surface area contributed by atoms with Gasteiger partial charge in [0.05, 0.1) is 31.4 Å². The van der Waals surface area contributed by atoms with E-state index < -0.39 is 64.0 Å². The van der Waals surface area contributed by atoms with Crippen molar-refractivity contribution in [2.75, 3.05) is 0 Å². The first-order chi connectivity index (χ1) is 17.2. The standard InChI is InChI=1S/C19H13N7O10S.Na/c1-9-4-15(22-23-16-5-11(25(30)31)6-17(19(16)27)26(32)33)14(8-12(9)20)21-13-3-2-10(24(28)29)7-18(13)37(34,35)36;/h2-8H,1H3,(H3-2,20,21,22,23,27,34,35,36);/q-2;+1. The Labute approximate surface area is 234 Å². The van der Waals surface area contributed by atoms with E-state index in [9.17, 15) is 48.4 Å². The van der Waals surface area contributed by atoms with Crippen LogP contribution in [0.5, 0.6) is 5.75 Å². The zero-order valence-corrected chi connectivity index (χ0v) is 22.1. The predicted octanol–water partition coefficient (Wildman–Crippen LogP) is 3.11. The fourth-order valence-electron chi connectivity index (χ4n) is 2.91. The van der Waals surface area contributed by atoms with E-state index in [1.807, 2.05) is 0 Å². The first-order valence-electron chi connectivity index (χ1n) is 9.60. The van der Waals surface area contributed by atoms with Crippen LogP contribution in [-0.4, -0.2) is 32.8 Å². The van der Waals surface area contributed by atoms with E-state index in [0.29, 0.717) is 17.7 Å². The van der Waals surface area contributed by atoms with Crippen molar-refractivity contribution in [3.63, 3.8) is 0 Å². The number of phenolic OH excluding ortho intramolecular Hbond substituents is 1. The third-order valence-corrected chi connectivity index (χ3v) is 5.60. The van der Waals surface area contributed by atoms with Gasteiger partial charge in [0.2, 0.25) is 5.75 Å². The number of nitro benzene ring substituents is 3. The first-order valence-corrected chi connectivity index (χ1v) is 11.0. The van der Waals surface area contributed by atoms with E-state index >= 15 is 0 Å². The van der Waals surface area contributed by atoms with Crippen molar-refractivity contribution in [3.05, 3.63) is 89.4 Å². The Kier molecular flexibility index (Phi) is 9.03. The molecule has 17 nitrogen and oxygen atoms in total. The smallest absolute Gasteiger partial charge is 0.699 e. The summed E-state index contributed by atoms with van der Waals surface area (Å²) in [6.07, 6.45) is 0. The number of aryl methyl sites for hydroxylation is 1. The summed E-state index contributed by atoms with van der Waals surface area (Å²) in [6.45, 7) is 1.50. The molecule has 0 aromatic heterocycles. The maximum atomic E-state index is 11.8. The average molecular weight is 554 g/mol. The van der Waals surface area contributed by atoms with Gasteiger partial charge < -0.3 is 16.2 Å². The maximum Gasteiger partial charge on any atom is 1.00 e. The summed E-state index contributed by atoms with van der Waals surface area (Å²) in [4.78, 5) is 29.4. The second-order valence-electron chi connectivity index (χ2n) is 7.20. The number of nitrogens with zero attached hydrogens (tertiary/aromatic N) is 6. The Morgan fingerprint density at radius 2 is 1.47 bits per heavy atom. The molecule has 0 saturated heterocycles. The zero-order chi connectivity index (χ0) is 27.7. The number of azo groups is 1. The monoisotopic (exact) mass is 554 g/mol. The van der Waals surface area contributed by atoms with Crippen LogP contribution in [-0.2, 0) is 10.1 Å². The molecule has 0 bridgehead atoms. The largest absolute Gasteiger partial charge is 1.00 e. The number of nitrogens with one attached hydrogen (secondary N) is 1. The van der Waals surface area contributed by atoms with Gasteiger partial charge in [0, 0.05) is 18.2 Å². The molecule has 3 aromatic rings. The van der Waals surface area contributed by atoms with Crippen LogP contribution < -0.4 is 29.6 Å². The Balaban J connectivity index is 0.00000507. The molecule has 0 atom stereocenters. The third-order valence-electron chi connectivity index (χ3n) is 4.72. The van der Waals surface area contributed by atoms with Crippen LogP contribution in [0.15, 0.2) is 57.6 Å². The van der Waals surface area contributed by atoms with Gasteiger partial charge >= 0.3 is 35.2 Å². The van der Waals surface area contributed by atoms with Gasteiger partial charge in [-0.1, -0.05) is 17.7 Å². The van der Waals surface area contributed by atoms with E-state index in [1.54, 1.807) is 0 Å². The molecule has 3 aromatic carbocycles. The Hall–Kier alpha value is -4.23. The Morgan fingerprint density at radius 1 is 0.868 bits per heavy atom. The molecule has 0 heterocycles. The topological polar surface area (TPSA) is 267 Å². The van der Waals surface area contributed by atoms with Crippen LogP contribution in [0, 0.1) is 37.3 Å². The van der Waals surface area contributed by atoms with Crippen LogP contribution in [0.2, 0.25) is 0 Å². The Morgan fingerprint density at radius 3 is 2.03 bits per heavy atom. The number of aromatic hydroxyl groups is 1. The van der Waals surface area contributed by atoms with E-state index in [4.69, 9.17) is 5.73 Å². The minimum Gasteiger partial charge on any atom is -0.699 e. The molecule has 0 radical (unpaired) electrons. The number of hydrogen-bond donors (Lipinski definition) is 2. The van der Waals surface area contributed by atoms with Gasteiger partial charge in [0.25, 0.3) is 21.5 Å². The molecule has 0 aliphatic carbocycles. The molecular weight excluding hydrogens is 541 g/mol. The fraction of sp³-hybridized carbons (Fsp3) is 0.0526. The predicted molar refractivity (Wildman–Crippen MR) is 126 cm³/mol. The third kappa shape index (κ3) is 6.55. The molecule has 0 unspecified atom stereocenters. The summed E-state index contributed by atoms with van der Waals surface area (Å²) >= 11 is 0. The molecule has 0 aliphatic rings. The minimum atomic E-state index is -4.99. The number of phenols is 1. The molecule has 3 rings (SSSR count). The van der Waals surface area contributed by atoms with Crippen molar-refractivity contribution in [1.82, 2.24) is 0 Å². The van der Waals surface area contributed by atoms with Gasteiger partial charge in [-0.3, -0.25) is 34.9 Å². The number of non-ortho nitro benzene ring substituents is 2. The number of rotatable bonds is 8. The summed E-state index contributed by atoms with van der Waals surface area (Å²) in [5.74, 6) is -1.02. The summed E-state index contributed by atoms with van der Waals surface area (Å²) in [5.41, 5.74) is 4.29. The van der Waals surface area contributed by atoms with Crippen molar-refractivity contribution in [2.24, 2.45) is 10.2 Å². The van der Waals surface area contributed by atoms with Crippen LogP contribution in [0.4, 0.5) is 45.5 Å². The number of benzene rings is 3. The summed E-state index contributed by atoms with van der Waals surface area (Å²) in [7, 11) is -4.99. The van der Waals surface area contributed by atoms with Crippen LogP contribution >= 0.6 is 0 Å². The van der Waals surface area contributed by atoms with Crippen molar-refractivity contribution >= 4 is 55.6 Å². The molecule has 0 saturated carbocycles. The zero-order valence-electron chi connectivity index (χ0n) is 19.3. The van der Waals surface area contributed by atoms with Gasteiger partial charge in [-0.05, 0) is 13.0 Å². The minimum absolute atomic E-state index is 0. The summed E-state index contributed by atoms with van der Waals surface area (Å²) < 4.78 is 33.1. The average Bonchev–Trinajstić information content (AvgIpc) is 2.80. The van der Waals surface area contributed by atoms with Crippen molar-refractivity contribution in [3.8, 4) is 5.75 Å². The molecule has 0 spiro atoms. The second kappa shape index (κ2) is 11.4. The van der Waals surface area contributed by atoms with E-state index in [1.165, 1.54) is 13.0 Å². The van der Waals surface area contributed by atoms with Crippen molar-refractivity contribution < 1.29 is 62.4 Å². The van der Waals surface area contributed by atoms with Gasteiger partial charge in [-0.15, -0.1) is 22.2 Å². The Bertz CT molecular complexity index is 1610. The molecule has 19 heteroatoms. The van der Waals surface area contributed by atoms with E-state index in [2.05, 4.69) is 15.5 Å². The van der Waals surface area contributed by atoms with Crippen LogP contribution in [0.1, 0.15) is 5.56 Å². The van der Waals surface area contributed by atoms with Gasteiger partial charge in [-0.25, -0.2) is 0 Å². The molecule has 192 valence electrons. The summed E-state index contributed by atoms with van der Waals surface area (Å²) in [5, 5.41) is 54.8. The molecular formula is C19H13N7NaO10S-. The quantitative estimate of drug-likeness (QED) is 0.135. The molecule has 0 fully saturated rings.